The molecule has 6 heterocycles. The minimum Gasteiger partial charge on any atom is -0.438 e. The first-order chi connectivity index (χ1) is 48.4. The van der Waals surface area contributed by atoms with Gasteiger partial charge < -0.3 is 51.6 Å². The predicted octanol–water partition coefficient (Wildman–Crippen LogP) is 12.3. The van der Waals surface area contributed by atoms with Gasteiger partial charge in [0.2, 0.25) is 17.7 Å². The van der Waals surface area contributed by atoms with Crippen LogP contribution in [0.2, 0.25) is 0 Å². The number of carbonyl (C=O) groups excluding carboxylic acids is 7. The summed E-state index contributed by atoms with van der Waals surface area (Å²) in [7, 11) is 0. The first-order valence-corrected chi connectivity index (χ1v) is 32.3. The van der Waals surface area contributed by atoms with Gasteiger partial charge in [0.1, 0.15) is 16.6 Å². The van der Waals surface area contributed by atoms with Crippen LogP contribution in [0.5, 0.6) is 0 Å². The van der Waals surface area contributed by atoms with Crippen molar-refractivity contribution in [3.05, 3.63) is 286 Å². The molecule has 12 rings (SSSR count). The Labute approximate surface area is 577 Å². The summed E-state index contributed by atoms with van der Waals surface area (Å²) in [5.74, 6) is -6.19. The fourth-order valence-electron chi connectivity index (χ4n) is 13.0. The van der Waals surface area contributed by atoms with E-state index in [4.69, 9.17) is 4.74 Å². The van der Waals surface area contributed by atoms with Gasteiger partial charge in [-0.3, -0.25) is 43.7 Å². The maximum Gasteiger partial charge on any atom is 0.490 e. The van der Waals surface area contributed by atoms with Gasteiger partial charge in [0.25, 0.3) is 17.7 Å². The number of aromatic nitrogens is 6. The number of aromatic amines is 3. The number of ether oxygens (including phenoxy) is 1. The number of halogens is 3. The minimum atomic E-state index is -5.58. The largest absolute Gasteiger partial charge is 0.490 e. The van der Waals surface area contributed by atoms with Crippen molar-refractivity contribution in [2.75, 3.05) is 16.0 Å². The number of carbonyl (C=O) groups is 7. The number of H-pyrrole nitrogens is 3. The number of para-hydroxylation sites is 3. The fraction of sp³-hybridized carbons (Fsp3) is 0.179. The molecule has 9 N–H and O–H groups in total. The molecule has 12 aromatic rings. The second-order valence-electron chi connectivity index (χ2n) is 25.2. The number of hydrogen-bond donors (Lipinski definition) is 9. The maximum atomic E-state index is 15.0. The van der Waals surface area contributed by atoms with Gasteiger partial charge in [-0.1, -0.05) is 91.0 Å². The predicted molar refractivity (Wildman–Crippen MR) is 377 cm³/mol. The number of rotatable bonds is 22. The van der Waals surface area contributed by atoms with Crippen molar-refractivity contribution >= 4 is 91.2 Å². The Morgan fingerprint density at radius 1 is 0.366 bits per heavy atom. The van der Waals surface area contributed by atoms with Crippen molar-refractivity contribution in [1.82, 2.24) is 45.9 Å². The number of nitrogens with zero attached hydrogens (tertiary/aromatic N) is 3. The van der Waals surface area contributed by atoms with Crippen LogP contribution in [0.15, 0.2) is 219 Å². The van der Waals surface area contributed by atoms with Crippen LogP contribution in [0.25, 0.3) is 32.7 Å². The van der Waals surface area contributed by atoms with E-state index in [9.17, 15) is 33.6 Å². The van der Waals surface area contributed by atoms with E-state index in [0.717, 1.165) is 66.5 Å². The number of amides is 6. The average molecular weight is 1360 g/mol. The fourth-order valence-corrected chi connectivity index (χ4v) is 13.0. The van der Waals surface area contributed by atoms with Crippen LogP contribution >= 0.6 is 0 Å². The number of alkyl halides is 3. The van der Waals surface area contributed by atoms with Gasteiger partial charge in [-0.2, -0.15) is 13.2 Å². The molecule has 6 amide bonds. The van der Waals surface area contributed by atoms with Crippen molar-refractivity contribution in [2.24, 2.45) is 0 Å². The SMILES string of the molecule is Cc1[nH]c2ccccc2c1CC(=O)N[C@](C)(C(=O)Nc1ccc(C(OC(=O)C(F)(F)F)(c2ccc(NC(=O)[C@@](C)(NC(=O)Cc3c(C)[nH]c4ccccc34)c3ccncc3)cc2)c2ccc(NC(=O)[C@@](C)(NC(=O)Cc3c(C)[nH]c4ccccc34)c3ccncc3)cc2)cc1)c1ccncc1. The van der Waals surface area contributed by atoms with E-state index >= 15 is 13.2 Å². The normalized spacial score (nSPS) is 13.4. The van der Waals surface area contributed by atoms with Gasteiger partial charge in [-0.15, -0.1) is 0 Å². The zero-order chi connectivity index (χ0) is 71.4. The van der Waals surface area contributed by atoms with E-state index in [1.54, 1.807) is 36.4 Å². The van der Waals surface area contributed by atoms with Gasteiger partial charge in [0.05, 0.1) is 19.3 Å². The molecule has 3 atom stereocenters. The molecular formula is C78H69F3N12O8. The number of anilines is 3. The molecule has 20 nitrogen and oxygen atoms in total. The van der Waals surface area contributed by atoms with Gasteiger partial charge >= 0.3 is 12.1 Å². The van der Waals surface area contributed by atoms with E-state index in [1.165, 1.54) is 131 Å². The zero-order valence-corrected chi connectivity index (χ0v) is 55.6. The molecule has 0 spiro atoms. The number of pyridine rings is 3. The van der Waals surface area contributed by atoms with Crippen molar-refractivity contribution < 1.29 is 51.5 Å². The molecule has 510 valence electrons. The average Bonchev–Trinajstić information content (AvgIpc) is 1.58. The Morgan fingerprint density at radius 2 is 0.624 bits per heavy atom. The van der Waals surface area contributed by atoms with Crippen LogP contribution in [0.1, 0.15) is 87.9 Å². The van der Waals surface area contributed by atoms with E-state index < -0.39 is 69.8 Å². The Kier molecular flexibility index (Phi) is 18.8. The van der Waals surface area contributed by atoms with Crippen molar-refractivity contribution in [1.29, 1.82) is 0 Å². The lowest BCUT2D eigenvalue weighted by Crippen LogP contribution is -2.52. The summed E-state index contributed by atoms with van der Waals surface area (Å²) in [6.07, 6.45) is 2.95. The number of benzene rings is 6. The number of aryl methyl sites for hydroxylation is 3. The van der Waals surface area contributed by atoms with Crippen molar-refractivity contribution in [3.63, 3.8) is 0 Å². The molecule has 0 aliphatic carbocycles. The molecular weight excluding hydrogens is 1290 g/mol. The Morgan fingerprint density at radius 3 is 0.881 bits per heavy atom. The zero-order valence-electron chi connectivity index (χ0n) is 55.6. The van der Waals surface area contributed by atoms with E-state index in [2.05, 4.69) is 61.8 Å². The van der Waals surface area contributed by atoms with E-state index in [1.807, 2.05) is 93.6 Å². The van der Waals surface area contributed by atoms with Crippen LogP contribution in [-0.2, 0) is 79.8 Å². The summed E-state index contributed by atoms with van der Waals surface area (Å²) in [6, 6.07) is 48.5. The van der Waals surface area contributed by atoms with Crippen LogP contribution < -0.4 is 31.9 Å². The smallest absolute Gasteiger partial charge is 0.438 e. The first-order valence-electron chi connectivity index (χ1n) is 32.3. The minimum absolute atomic E-state index is 0.0854. The molecule has 23 heteroatoms. The third-order valence-electron chi connectivity index (χ3n) is 18.5. The highest BCUT2D eigenvalue weighted by Crippen LogP contribution is 2.44. The summed E-state index contributed by atoms with van der Waals surface area (Å²) >= 11 is 0. The highest BCUT2D eigenvalue weighted by Gasteiger charge is 2.50. The summed E-state index contributed by atoms with van der Waals surface area (Å²) in [5.41, 5.74) is 0.409. The molecule has 0 aliphatic rings. The lowest BCUT2D eigenvalue weighted by atomic mass is 9.79. The molecule has 0 unspecified atom stereocenters. The van der Waals surface area contributed by atoms with Gasteiger partial charge in [0, 0.05) is 121 Å². The van der Waals surface area contributed by atoms with Gasteiger partial charge in [0.15, 0.2) is 5.60 Å². The second-order valence-corrected chi connectivity index (χ2v) is 25.2. The third kappa shape index (κ3) is 13.9. The molecule has 0 aliphatic heterocycles. The molecule has 0 bridgehead atoms. The van der Waals surface area contributed by atoms with Crippen LogP contribution in [0.4, 0.5) is 30.2 Å². The van der Waals surface area contributed by atoms with Crippen molar-refractivity contribution in [3.8, 4) is 0 Å². The topological polar surface area (TPSA) is 287 Å². The Balaban J connectivity index is 0.891. The van der Waals surface area contributed by atoms with E-state index in [-0.39, 0.29) is 53.0 Å². The van der Waals surface area contributed by atoms with Gasteiger partial charge in [-0.25, -0.2) is 4.79 Å². The second kappa shape index (κ2) is 27.8. The quantitative estimate of drug-likeness (QED) is 0.0227. The lowest BCUT2D eigenvalue weighted by molar-refractivity contribution is -0.209. The number of fused-ring (bicyclic) bond motifs is 3. The van der Waals surface area contributed by atoms with Crippen LogP contribution in [-0.4, -0.2) is 77.5 Å². The number of nitrogens with one attached hydrogen (secondary N) is 9. The molecule has 0 saturated heterocycles. The molecule has 0 saturated carbocycles. The summed E-state index contributed by atoms with van der Waals surface area (Å²) in [6.45, 7) is 10.1. The molecule has 0 fully saturated rings. The Bertz CT molecular complexity index is 4640. The molecule has 101 heavy (non-hydrogen) atoms. The molecule has 0 radical (unpaired) electrons. The molecule has 6 aromatic carbocycles. The third-order valence-corrected chi connectivity index (χ3v) is 18.5. The summed E-state index contributed by atoms with van der Waals surface area (Å²) in [4.78, 5) is 123. The number of hydrogen-bond acceptors (Lipinski definition) is 11. The monoisotopic (exact) mass is 1360 g/mol. The number of esters is 1. The van der Waals surface area contributed by atoms with Crippen LogP contribution in [0.3, 0.4) is 0 Å². The summed E-state index contributed by atoms with van der Waals surface area (Å²) in [5, 5.41) is 19.9. The van der Waals surface area contributed by atoms with E-state index in [0.29, 0.717) is 16.7 Å². The molecule has 6 aromatic heterocycles. The highest BCUT2D eigenvalue weighted by molar-refractivity contribution is 6.04. The van der Waals surface area contributed by atoms with Gasteiger partial charge in [-0.05, 0) is 166 Å². The summed E-state index contributed by atoms with van der Waals surface area (Å²) < 4.78 is 50.9. The maximum absolute atomic E-state index is 15.0. The lowest BCUT2D eigenvalue weighted by Gasteiger charge is -2.36. The Hall–Kier alpha value is -12.5. The highest BCUT2D eigenvalue weighted by atomic mass is 19.4. The van der Waals surface area contributed by atoms with Crippen molar-refractivity contribution in [2.45, 2.75) is 89.2 Å². The van der Waals surface area contributed by atoms with Crippen LogP contribution in [0, 0.1) is 20.8 Å². The first kappa shape index (κ1) is 68.4. The standard InChI is InChI=1S/C78H69F3N12O8/c1-46-61(58-13-7-10-16-64(58)85-46)43-67(94)91-74(4,49-31-37-82-38-32-49)70(97)88-55-25-19-52(20-26-55)77(101-73(100)78(79,80)81,53-21-27-56(28-22-53)89-71(98)75(5,50-33-39-83-40-34-50)92-68(95)44-62-47(2)86-65-17-11-8-14-59(62)65)54-23-29-57(30-24-54)90-72(99)76(6,51-35-41-84-42-36-51)93-69(96)45-63-48(3)87-66-18-12-9-15-60(63)66/h7-42,85-87H,43-45H2,1-6H3,(H,88,97)(H,89,98)(H,90,99)(H,91,94)(H,92,95)(H,93,96)/t74-,75-,76-/m0/s1.